The predicted octanol–water partition coefficient (Wildman–Crippen LogP) is -1.62. The molecule has 0 aromatic carbocycles. The predicted molar refractivity (Wildman–Crippen MR) is 26.4 cm³/mol. The van der Waals surface area contributed by atoms with Crippen LogP contribution < -0.4 is 11.6 Å². The lowest BCUT2D eigenvalue weighted by atomic mass is 11.2. The van der Waals surface area contributed by atoms with Crippen LogP contribution in [0.3, 0.4) is 0 Å². The van der Waals surface area contributed by atoms with E-state index in [0.29, 0.717) is 0 Å². The first-order valence-electron chi connectivity index (χ1n) is 1.51. The summed E-state index contributed by atoms with van der Waals surface area (Å²) in [5.41, 5.74) is 4.45. The normalized spacial score (nSPS) is 12.8. The van der Waals surface area contributed by atoms with Crippen LogP contribution in [-0.4, -0.2) is 19.2 Å². The van der Waals surface area contributed by atoms with E-state index in [1.54, 1.807) is 0 Å². The molecule has 0 aromatic heterocycles. The number of hydrogen-bond acceptors (Lipinski definition) is 3. The number of urea groups is 1. The summed E-state index contributed by atoms with van der Waals surface area (Å²) in [6.07, 6.45) is 0. The molecule has 0 aromatic rings. The van der Waals surface area contributed by atoms with Crippen molar-refractivity contribution in [3.05, 3.63) is 0 Å². The van der Waals surface area contributed by atoms with Gasteiger partial charge in [-0.2, -0.15) is 4.41 Å². The standard InChI is InChI=1S/CH5N3O3S/c2-1(5)4(3)8(6)7/h3H2,(H2,2,5)(H,6,7). The Morgan fingerprint density at radius 1 is 1.75 bits per heavy atom. The fourth-order valence-electron chi connectivity index (χ4n) is 0.0770. The molecule has 6 nitrogen and oxygen atoms in total. The summed E-state index contributed by atoms with van der Waals surface area (Å²) in [6.45, 7) is 0. The highest BCUT2D eigenvalue weighted by Crippen LogP contribution is 1.77. The van der Waals surface area contributed by atoms with Gasteiger partial charge in [0.1, 0.15) is 0 Å². The molecule has 1 atom stereocenters. The second-order valence-electron chi connectivity index (χ2n) is 0.895. The zero-order valence-electron chi connectivity index (χ0n) is 3.77. The zero-order chi connectivity index (χ0) is 6.73. The van der Waals surface area contributed by atoms with E-state index in [2.05, 4.69) is 11.6 Å². The molecule has 0 fully saturated rings. The highest BCUT2D eigenvalue weighted by Gasteiger charge is 2.07. The van der Waals surface area contributed by atoms with Crippen LogP contribution in [0.5, 0.6) is 0 Å². The van der Waals surface area contributed by atoms with Crippen LogP contribution in [0.2, 0.25) is 0 Å². The van der Waals surface area contributed by atoms with Crippen LogP contribution in [0.4, 0.5) is 4.79 Å². The molecule has 0 saturated carbocycles. The van der Waals surface area contributed by atoms with E-state index in [-0.39, 0.29) is 4.41 Å². The van der Waals surface area contributed by atoms with Crippen molar-refractivity contribution in [2.75, 3.05) is 0 Å². The average Bonchev–Trinajstić information content (AvgIpc) is 1.64. The van der Waals surface area contributed by atoms with Crippen LogP contribution in [0.25, 0.3) is 0 Å². The van der Waals surface area contributed by atoms with Gasteiger partial charge in [-0.05, 0) is 0 Å². The molecule has 48 valence electrons. The van der Waals surface area contributed by atoms with Gasteiger partial charge < -0.3 is 5.73 Å². The molecule has 2 amide bonds. The summed E-state index contributed by atoms with van der Waals surface area (Å²) in [4.78, 5) is 9.81. The first-order chi connectivity index (χ1) is 3.55. The van der Waals surface area contributed by atoms with Crippen molar-refractivity contribution in [2.24, 2.45) is 11.6 Å². The minimum atomic E-state index is -2.50. The molecule has 0 heterocycles. The topological polar surface area (TPSA) is 110 Å². The van der Waals surface area contributed by atoms with Crippen molar-refractivity contribution < 1.29 is 13.6 Å². The largest absolute Gasteiger partial charge is 0.350 e. The Kier molecular flexibility index (Phi) is 2.38. The summed E-state index contributed by atoms with van der Waals surface area (Å²) in [6, 6.07) is -1.15. The monoisotopic (exact) mass is 139 g/mol. The lowest BCUT2D eigenvalue weighted by Crippen LogP contribution is -2.42. The van der Waals surface area contributed by atoms with Gasteiger partial charge in [0, 0.05) is 0 Å². The third-order valence-corrected chi connectivity index (χ3v) is 0.902. The minimum absolute atomic E-state index is 0. The Morgan fingerprint density at radius 3 is 2.12 bits per heavy atom. The number of hydrogen-bond donors (Lipinski definition) is 3. The molecule has 0 bridgehead atoms. The number of hydrazine groups is 1. The maximum Gasteiger partial charge on any atom is 0.343 e. The van der Waals surface area contributed by atoms with Gasteiger partial charge in [-0.3, -0.25) is 4.55 Å². The van der Waals surface area contributed by atoms with Crippen LogP contribution in [-0.2, 0) is 11.3 Å². The lowest BCUT2D eigenvalue weighted by molar-refractivity contribution is 0.232. The fourth-order valence-corrected chi connectivity index (χ4v) is 0.231. The van der Waals surface area contributed by atoms with Gasteiger partial charge in [0.05, 0.1) is 0 Å². The second kappa shape index (κ2) is 2.60. The first kappa shape index (κ1) is 7.34. The molecule has 0 saturated heterocycles. The molecule has 0 aliphatic heterocycles. The highest BCUT2D eigenvalue weighted by molar-refractivity contribution is 7.77. The molecular weight excluding hydrogens is 134 g/mol. The van der Waals surface area contributed by atoms with Crippen molar-refractivity contribution in [1.82, 2.24) is 4.41 Å². The Hall–Kier alpha value is -0.660. The van der Waals surface area contributed by atoms with Crippen molar-refractivity contribution in [3.63, 3.8) is 0 Å². The number of nitrogens with zero attached hydrogens (tertiary/aromatic N) is 1. The zero-order valence-corrected chi connectivity index (χ0v) is 4.59. The third-order valence-electron chi connectivity index (χ3n) is 0.385. The number of nitrogens with two attached hydrogens (primary N) is 2. The summed E-state index contributed by atoms with van der Waals surface area (Å²) in [7, 11) is 0. The lowest BCUT2D eigenvalue weighted by Gasteiger charge is -2.04. The molecule has 1 unspecified atom stereocenters. The molecule has 7 heteroatoms. The smallest absolute Gasteiger partial charge is 0.343 e. The minimum Gasteiger partial charge on any atom is -0.350 e. The molecule has 0 spiro atoms. The van der Waals surface area contributed by atoms with E-state index in [0.717, 1.165) is 0 Å². The van der Waals surface area contributed by atoms with Crippen LogP contribution in [0.15, 0.2) is 0 Å². The number of carbonyl (C=O) groups is 1. The van der Waals surface area contributed by atoms with Gasteiger partial charge in [-0.25, -0.2) is 14.8 Å². The van der Waals surface area contributed by atoms with Crippen LogP contribution in [0, 0.1) is 0 Å². The van der Waals surface area contributed by atoms with Crippen LogP contribution in [0.1, 0.15) is 0 Å². The Labute approximate surface area is 47.8 Å². The average molecular weight is 139 g/mol. The second-order valence-corrected chi connectivity index (χ2v) is 1.75. The van der Waals surface area contributed by atoms with E-state index in [4.69, 9.17) is 4.55 Å². The maximum absolute atomic E-state index is 9.81. The summed E-state index contributed by atoms with van der Waals surface area (Å²) >= 11 is -2.50. The Bertz CT molecular complexity index is 110. The molecule has 0 aliphatic carbocycles. The number of rotatable bonds is 1. The molecule has 0 radical (unpaired) electrons. The third kappa shape index (κ3) is 1.87. The van der Waals surface area contributed by atoms with Gasteiger partial charge in [0.15, 0.2) is 0 Å². The van der Waals surface area contributed by atoms with E-state index < -0.39 is 17.3 Å². The molecule has 0 aliphatic rings. The SMILES string of the molecule is NC(=O)N(N)S(=O)O. The first-order valence-corrected chi connectivity index (χ1v) is 2.57. The number of carbonyl (C=O) groups excluding carboxylic acids is 1. The van der Waals surface area contributed by atoms with Crippen molar-refractivity contribution in [2.45, 2.75) is 0 Å². The Balaban J connectivity index is 3.83. The van der Waals surface area contributed by atoms with Crippen molar-refractivity contribution in [1.29, 1.82) is 0 Å². The quantitative estimate of drug-likeness (QED) is 0.175. The van der Waals surface area contributed by atoms with Gasteiger partial charge >= 0.3 is 6.03 Å². The van der Waals surface area contributed by atoms with E-state index in [1.807, 2.05) is 0 Å². The summed E-state index contributed by atoms with van der Waals surface area (Å²) in [5.74, 6) is 4.57. The molecule has 0 rings (SSSR count). The maximum atomic E-state index is 9.81. The van der Waals surface area contributed by atoms with Gasteiger partial charge in [-0.15, -0.1) is 0 Å². The number of primary amides is 1. The number of amides is 2. The molecule has 5 N–H and O–H groups in total. The van der Waals surface area contributed by atoms with Gasteiger partial charge in [0.2, 0.25) is 0 Å². The Morgan fingerprint density at radius 2 is 2.12 bits per heavy atom. The van der Waals surface area contributed by atoms with E-state index >= 15 is 0 Å². The molecule has 8 heavy (non-hydrogen) atoms. The van der Waals surface area contributed by atoms with Crippen LogP contribution >= 0.6 is 0 Å². The van der Waals surface area contributed by atoms with E-state index in [1.165, 1.54) is 0 Å². The summed E-state index contributed by atoms with van der Waals surface area (Å²) < 4.78 is 17.7. The van der Waals surface area contributed by atoms with Crippen molar-refractivity contribution >= 4 is 17.3 Å². The van der Waals surface area contributed by atoms with E-state index in [9.17, 15) is 9.00 Å². The highest BCUT2D eigenvalue weighted by atomic mass is 32.2. The fraction of sp³-hybridized carbons (Fsp3) is 0. The van der Waals surface area contributed by atoms with Crippen molar-refractivity contribution in [3.8, 4) is 0 Å². The molecular formula is CH5N3O3S. The van der Waals surface area contributed by atoms with Gasteiger partial charge in [0.25, 0.3) is 11.3 Å². The summed E-state index contributed by atoms with van der Waals surface area (Å²) in [5, 5.41) is 0. The van der Waals surface area contributed by atoms with Gasteiger partial charge in [-0.1, -0.05) is 0 Å².